The normalized spacial score (nSPS) is 22.5. The van der Waals surface area contributed by atoms with E-state index in [-0.39, 0.29) is 23.8 Å². The van der Waals surface area contributed by atoms with Gasteiger partial charge in [-0.25, -0.2) is 0 Å². The summed E-state index contributed by atoms with van der Waals surface area (Å²) in [7, 11) is -4.33. The quantitative estimate of drug-likeness (QED) is 0.780. The van der Waals surface area contributed by atoms with E-state index in [0.717, 1.165) is 0 Å². The summed E-state index contributed by atoms with van der Waals surface area (Å²) < 4.78 is 60.4. The molecule has 0 aliphatic carbocycles. The summed E-state index contributed by atoms with van der Waals surface area (Å²) in [6.45, 7) is -2.75. The van der Waals surface area contributed by atoms with Crippen molar-refractivity contribution in [3.05, 3.63) is 0 Å². The topological polar surface area (TPSA) is 77.9 Å². The van der Waals surface area contributed by atoms with Crippen LogP contribution in [0.5, 0.6) is 0 Å². The molecule has 1 aliphatic rings. The van der Waals surface area contributed by atoms with Gasteiger partial charge in [0.1, 0.15) is 13.1 Å². The van der Waals surface area contributed by atoms with Gasteiger partial charge in [-0.05, 0) is 6.42 Å². The fourth-order valence-corrected chi connectivity index (χ4v) is 3.12. The van der Waals surface area contributed by atoms with Gasteiger partial charge in [0.2, 0.25) is 0 Å². The largest absolute Gasteiger partial charge is 0.480 e. The van der Waals surface area contributed by atoms with Crippen LogP contribution in [0, 0.1) is 0 Å². The van der Waals surface area contributed by atoms with Crippen molar-refractivity contribution in [3.63, 3.8) is 0 Å². The molecule has 0 radical (unpaired) electrons. The lowest BCUT2D eigenvalue weighted by Crippen LogP contribution is -2.53. The third kappa shape index (κ3) is 3.82. The number of aliphatic carboxylic acids is 1. The van der Waals surface area contributed by atoms with Crippen LogP contribution in [0.25, 0.3) is 0 Å². The van der Waals surface area contributed by atoms with E-state index < -0.39 is 35.4 Å². The molecule has 0 amide bonds. The molecule has 0 atom stereocenters. The Balaban J connectivity index is 2.84. The summed E-state index contributed by atoms with van der Waals surface area (Å²) in [6.07, 6.45) is -4.47. The maximum atomic E-state index is 12.1. The fraction of sp³-hybridized carbons (Fsp3) is 0.857. The minimum atomic E-state index is -4.64. The molecule has 1 saturated heterocycles. The number of nitrogens with zero attached hydrogens (tertiary/aromatic N) is 2. The van der Waals surface area contributed by atoms with Crippen LogP contribution in [0.3, 0.4) is 0 Å². The first-order chi connectivity index (χ1) is 7.63. The minimum Gasteiger partial charge on any atom is -0.480 e. The Hall–Kier alpha value is -0.870. The lowest BCUT2D eigenvalue weighted by molar-refractivity contribution is -0.138. The Morgan fingerprint density at radius 3 is 2.24 bits per heavy atom. The predicted octanol–water partition coefficient (Wildman–Crippen LogP) is -0.114. The van der Waals surface area contributed by atoms with E-state index in [1.54, 1.807) is 0 Å². The second-order valence-corrected chi connectivity index (χ2v) is 5.47. The van der Waals surface area contributed by atoms with Crippen LogP contribution in [0.15, 0.2) is 0 Å². The number of hydrogen-bond donors (Lipinski definition) is 1. The highest BCUT2D eigenvalue weighted by molar-refractivity contribution is 7.86. The summed E-state index contributed by atoms with van der Waals surface area (Å²) in [4.78, 5) is 10.4. The van der Waals surface area contributed by atoms with Crippen LogP contribution < -0.4 is 0 Å². The SMILES string of the molecule is O=C(O)CN1CCCN(CC(F)(F)F)S1(=O)=O. The maximum Gasteiger partial charge on any atom is 0.402 e. The van der Waals surface area contributed by atoms with Crippen LogP contribution in [-0.2, 0) is 15.0 Å². The monoisotopic (exact) mass is 276 g/mol. The summed E-state index contributed by atoms with van der Waals surface area (Å²) >= 11 is 0. The molecule has 1 fully saturated rings. The first-order valence-electron chi connectivity index (χ1n) is 4.67. The number of carbonyl (C=O) groups is 1. The molecule has 10 heteroatoms. The molecule has 0 bridgehead atoms. The molecule has 6 nitrogen and oxygen atoms in total. The highest BCUT2D eigenvalue weighted by Crippen LogP contribution is 2.23. The lowest BCUT2D eigenvalue weighted by atomic mass is 10.4. The Morgan fingerprint density at radius 2 is 1.76 bits per heavy atom. The third-order valence-electron chi connectivity index (χ3n) is 2.13. The highest BCUT2D eigenvalue weighted by atomic mass is 32.2. The van der Waals surface area contributed by atoms with Crippen molar-refractivity contribution in [2.45, 2.75) is 12.6 Å². The molecule has 1 rings (SSSR count). The molecule has 0 spiro atoms. The molecule has 1 aliphatic heterocycles. The standard InChI is InChI=1S/C7H11F3N2O4S/c8-7(9,10)5-12-3-1-2-11(4-6(13)14)17(12,15)16/h1-5H2,(H,13,14). The van der Waals surface area contributed by atoms with Crippen molar-refractivity contribution in [3.8, 4) is 0 Å². The summed E-state index contributed by atoms with van der Waals surface area (Å²) in [5.74, 6) is -1.40. The Kier molecular flexibility index (Phi) is 3.99. The molecule has 0 unspecified atom stereocenters. The van der Waals surface area contributed by atoms with Crippen molar-refractivity contribution >= 4 is 16.2 Å². The van der Waals surface area contributed by atoms with Crippen LogP contribution in [0.4, 0.5) is 13.2 Å². The van der Waals surface area contributed by atoms with Gasteiger partial charge >= 0.3 is 12.1 Å². The Bertz CT molecular complexity index is 394. The summed E-state index contributed by atoms with van der Waals surface area (Å²) in [5, 5.41) is 8.47. The van der Waals surface area contributed by atoms with E-state index in [0.29, 0.717) is 4.31 Å². The van der Waals surface area contributed by atoms with Crippen molar-refractivity contribution in [1.82, 2.24) is 8.61 Å². The first kappa shape index (κ1) is 14.2. The van der Waals surface area contributed by atoms with Gasteiger partial charge < -0.3 is 5.11 Å². The van der Waals surface area contributed by atoms with Crippen LogP contribution in [0.2, 0.25) is 0 Å². The number of hydrogen-bond acceptors (Lipinski definition) is 3. The molecule has 1 heterocycles. The second-order valence-electron chi connectivity index (χ2n) is 3.54. The molecule has 1 N–H and O–H groups in total. The van der Waals surface area contributed by atoms with Gasteiger partial charge in [0, 0.05) is 13.1 Å². The number of alkyl halides is 3. The van der Waals surface area contributed by atoms with Crippen molar-refractivity contribution < 1.29 is 31.5 Å². The van der Waals surface area contributed by atoms with Gasteiger partial charge in [-0.15, -0.1) is 0 Å². The summed E-state index contributed by atoms with van der Waals surface area (Å²) in [6, 6.07) is 0. The first-order valence-corrected chi connectivity index (χ1v) is 6.06. The minimum absolute atomic E-state index is 0.0804. The Labute approximate surface area is 95.8 Å². The Morgan fingerprint density at radius 1 is 1.24 bits per heavy atom. The van der Waals surface area contributed by atoms with E-state index in [2.05, 4.69) is 0 Å². The van der Waals surface area contributed by atoms with Crippen molar-refractivity contribution in [2.24, 2.45) is 0 Å². The molecule has 0 saturated carbocycles. The van der Waals surface area contributed by atoms with Crippen LogP contribution in [0.1, 0.15) is 6.42 Å². The van der Waals surface area contributed by atoms with E-state index in [1.165, 1.54) is 0 Å². The molecule has 100 valence electrons. The van der Waals surface area contributed by atoms with E-state index in [4.69, 9.17) is 5.11 Å². The van der Waals surface area contributed by atoms with Gasteiger partial charge in [0.05, 0.1) is 0 Å². The molecular weight excluding hydrogens is 265 g/mol. The van der Waals surface area contributed by atoms with Crippen LogP contribution >= 0.6 is 0 Å². The molecule has 0 aromatic carbocycles. The molecule has 17 heavy (non-hydrogen) atoms. The van der Waals surface area contributed by atoms with Gasteiger partial charge in [-0.3, -0.25) is 4.79 Å². The van der Waals surface area contributed by atoms with Gasteiger partial charge in [0.25, 0.3) is 10.2 Å². The van der Waals surface area contributed by atoms with Gasteiger partial charge in [0.15, 0.2) is 0 Å². The van der Waals surface area contributed by atoms with E-state index in [9.17, 15) is 26.4 Å². The average Bonchev–Trinajstić information content (AvgIpc) is 2.09. The number of halogens is 3. The zero-order valence-corrected chi connectivity index (χ0v) is 9.46. The van der Waals surface area contributed by atoms with Crippen LogP contribution in [-0.4, -0.2) is 60.5 Å². The average molecular weight is 276 g/mol. The fourth-order valence-electron chi connectivity index (χ4n) is 1.49. The zero-order chi connectivity index (χ0) is 13.3. The molecular formula is C7H11F3N2O4S. The lowest BCUT2D eigenvalue weighted by Gasteiger charge is -2.33. The van der Waals surface area contributed by atoms with E-state index in [1.807, 2.05) is 0 Å². The van der Waals surface area contributed by atoms with Crippen molar-refractivity contribution in [1.29, 1.82) is 0 Å². The number of rotatable bonds is 3. The number of carboxylic acids is 1. The van der Waals surface area contributed by atoms with Gasteiger partial charge in [-0.2, -0.15) is 30.2 Å². The second kappa shape index (κ2) is 4.78. The molecule has 0 aromatic heterocycles. The third-order valence-corrected chi connectivity index (χ3v) is 4.06. The van der Waals surface area contributed by atoms with Gasteiger partial charge in [-0.1, -0.05) is 0 Å². The zero-order valence-electron chi connectivity index (χ0n) is 8.64. The van der Waals surface area contributed by atoms with Crippen molar-refractivity contribution in [2.75, 3.05) is 26.2 Å². The smallest absolute Gasteiger partial charge is 0.402 e. The maximum absolute atomic E-state index is 12.1. The summed E-state index contributed by atoms with van der Waals surface area (Å²) in [5.41, 5.74) is 0. The highest BCUT2D eigenvalue weighted by Gasteiger charge is 2.41. The number of carboxylic acid groups (broad SMARTS) is 1. The molecule has 0 aromatic rings. The van der Waals surface area contributed by atoms with E-state index >= 15 is 0 Å². The predicted molar refractivity (Wildman–Crippen MR) is 50.4 cm³/mol.